The number of fused-ring (bicyclic) bond motifs is 1. The van der Waals surface area contributed by atoms with Gasteiger partial charge in [-0.1, -0.05) is 0 Å². The highest BCUT2D eigenvalue weighted by atomic mass is 16.5. The van der Waals surface area contributed by atoms with Crippen molar-refractivity contribution >= 4 is 23.2 Å². The van der Waals surface area contributed by atoms with E-state index in [2.05, 4.69) is 15.3 Å². The van der Waals surface area contributed by atoms with Gasteiger partial charge in [-0.05, 0) is 19.1 Å². The first-order valence-electron chi connectivity index (χ1n) is 4.90. The Hall–Kier alpha value is -2.11. The number of esters is 1. The van der Waals surface area contributed by atoms with Crippen LogP contribution in [0.2, 0.25) is 0 Å². The Kier molecular flexibility index (Phi) is 3.00. The van der Waals surface area contributed by atoms with Crippen LogP contribution in [0.4, 0.5) is 6.01 Å². The molecule has 2 rings (SSSR count). The predicted octanol–water partition coefficient (Wildman–Crippen LogP) is 1.20. The molecule has 2 heterocycles. The molecule has 0 aliphatic carbocycles. The van der Waals surface area contributed by atoms with Gasteiger partial charge in [0.15, 0.2) is 5.58 Å². The Morgan fingerprint density at radius 1 is 1.62 bits per heavy atom. The van der Waals surface area contributed by atoms with E-state index < -0.39 is 0 Å². The van der Waals surface area contributed by atoms with E-state index in [-0.39, 0.29) is 18.5 Å². The molecule has 0 amide bonds. The summed E-state index contributed by atoms with van der Waals surface area (Å²) in [5, 5.41) is 2.73. The molecule has 2 aromatic heterocycles. The number of hydrogen-bond donors (Lipinski definition) is 1. The molecule has 0 radical (unpaired) electrons. The van der Waals surface area contributed by atoms with Gasteiger partial charge in [-0.15, -0.1) is 0 Å². The average molecular weight is 221 g/mol. The third-order valence-corrected chi connectivity index (χ3v) is 1.85. The quantitative estimate of drug-likeness (QED) is 0.781. The number of nitrogens with one attached hydrogen (secondary N) is 1. The number of ether oxygens (including phenoxy) is 1. The lowest BCUT2D eigenvalue weighted by Crippen LogP contribution is -2.16. The second kappa shape index (κ2) is 4.61. The molecule has 84 valence electrons. The number of hydrogen-bond acceptors (Lipinski definition) is 6. The summed E-state index contributed by atoms with van der Waals surface area (Å²) in [5.74, 6) is -0.349. The van der Waals surface area contributed by atoms with Crippen molar-refractivity contribution in [3.63, 3.8) is 0 Å². The topological polar surface area (TPSA) is 77.2 Å². The lowest BCUT2D eigenvalue weighted by Gasteiger charge is -2.00. The van der Waals surface area contributed by atoms with E-state index in [0.29, 0.717) is 17.8 Å². The minimum absolute atomic E-state index is 0.0284. The van der Waals surface area contributed by atoms with Crippen LogP contribution >= 0.6 is 0 Å². The summed E-state index contributed by atoms with van der Waals surface area (Å²) in [7, 11) is 0. The molecular formula is C10H11N3O3. The fraction of sp³-hybridized carbons (Fsp3) is 0.300. The molecule has 1 N–H and O–H groups in total. The number of nitrogens with zero attached hydrogens (tertiary/aromatic N) is 2. The molecule has 0 saturated heterocycles. The first-order chi connectivity index (χ1) is 7.79. The number of carbonyl (C=O) groups is 1. The number of carbonyl (C=O) groups excluding carboxylic acids is 1. The molecular weight excluding hydrogens is 210 g/mol. The monoisotopic (exact) mass is 221 g/mol. The van der Waals surface area contributed by atoms with Crippen molar-refractivity contribution < 1.29 is 13.9 Å². The molecule has 0 saturated carbocycles. The number of anilines is 1. The van der Waals surface area contributed by atoms with Crippen molar-refractivity contribution in [3.8, 4) is 0 Å². The number of rotatable bonds is 4. The van der Waals surface area contributed by atoms with Gasteiger partial charge in [-0.2, -0.15) is 4.98 Å². The average Bonchev–Trinajstić information content (AvgIpc) is 2.69. The summed E-state index contributed by atoms with van der Waals surface area (Å²) in [6.07, 6.45) is 1.62. The van der Waals surface area contributed by atoms with Crippen molar-refractivity contribution in [1.82, 2.24) is 9.97 Å². The van der Waals surface area contributed by atoms with Crippen LogP contribution in [0.3, 0.4) is 0 Å². The second-order valence-electron chi connectivity index (χ2n) is 3.00. The van der Waals surface area contributed by atoms with Gasteiger partial charge in [-0.3, -0.25) is 4.79 Å². The summed E-state index contributed by atoms with van der Waals surface area (Å²) in [5.41, 5.74) is 1.09. The predicted molar refractivity (Wildman–Crippen MR) is 56.9 cm³/mol. The van der Waals surface area contributed by atoms with Gasteiger partial charge < -0.3 is 14.5 Å². The molecule has 0 aliphatic rings. The van der Waals surface area contributed by atoms with Crippen LogP contribution in [0.25, 0.3) is 11.2 Å². The Balaban J connectivity index is 2.02. The van der Waals surface area contributed by atoms with Crippen LogP contribution in [0, 0.1) is 0 Å². The maximum atomic E-state index is 11.1. The number of aromatic nitrogens is 2. The molecule has 16 heavy (non-hydrogen) atoms. The van der Waals surface area contributed by atoms with Gasteiger partial charge in [-0.25, -0.2) is 4.98 Å². The third kappa shape index (κ3) is 2.28. The first kappa shape index (κ1) is 10.4. The molecule has 0 unspecified atom stereocenters. The first-order valence-corrected chi connectivity index (χ1v) is 4.90. The van der Waals surface area contributed by atoms with Crippen molar-refractivity contribution in [2.45, 2.75) is 6.92 Å². The van der Waals surface area contributed by atoms with Crippen LogP contribution in [-0.2, 0) is 9.53 Å². The zero-order valence-corrected chi connectivity index (χ0v) is 8.77. The standard InChI is InChI=1S/C10H11N3O3/c1-2-15-8(14)6-12-10-13-9-7(16-10)4-3-5-11-9/h3-5H,2,6H2,1H3,(H,11,12,13). The van der Waals surface area contributed by atoms with Crippen molar-refractivity contribution in [2.75, 3.05) is 18.5 Å². The molecule has 0 aromatic carbocycles. The molecule has 2 aromatic rings. The third-order valence-electron chi connectivity index (χ3n) is 1.85. The van der Waals surface area contributed by atoms with Crippen LogP contribution in [0.5, 0.6) is 0 Å². The van der Waals surface area contributed by atoms with E-state index in [9.17, 15) is 4.79 Å². The van der Waals surface area contributed by atoms with E-state index in [1.54, 1.807) is 25.3 Å². The zero-order valence-electron chi connectivity index (χ0n) is 8.77. The highest BCUT2D eigenvalue weighted by molar-refractivity contribution is 5.75. The molecule has 6 nitrogen and oxygen atoms in total. The summed E-state index contributed by atoms with van der Waals surface area (Å²) in [6, 6.07) is 3.77. The van der Waals surface area contributed by atoms with Gasteiger partial charge in [0.25, 0.3) is 6.01 Å². The van der Waals surface area contributed by atoms with Gasteiger partial charge in [0.05, 0.1) is 6.61 Å². The maximum Gasteiger partial charge on any atom is 0.325 e. The molecule has 0 fully saturated rings. The summed E-state index contributed by atoms with van der Waals surface area (Å²) in [4.78, 5) is 19.1. The number of pyridine rings is 1. The fourth-order valence-corrected chi connectivity index (χ4v) is 1.20. The van der Waals surface area contributed by atoms with Crippen LogP contribution in [-0.4, -0.2) is 29.1 Å². The van der Waals surface area contributed by atoms with Crippen molar-refractivity contribution in [1.29, 1.82) is 0 Å². The van der Waals surface area contributed by atoms with Crippen LogP contribution in [0.1, 0.15) is 6.92 Å². The maximum absolute atomic E-state index is 11.1. The largest absolute Gasteiger partial charge is 0.465 e. The Morgan fingerprint density at radius 2 is 2.50 bits per heavy atom. The van der Waals surface area contributed by atoms with Gasteiger partial charge >= 0.3 is 5.97 Å². The zero-order chi connectivity index (χ0) is 11.4. The van der Waals surface area contributed by atoms with Crippen LogP contribution in [0.15, 0.2) is 22.7 Å². The smallest absolute Gasteiger partial charge is 0.325 e. The molecule has 0 atom stereocenters. The lowest BCUT2D eigenvalue weighted by molar-refractivity contribution is -0.140. The number of oxazole rings is 1. The van der Waals surface area contributed by atoms with Gasteiger partial charge in [0.1, 0.15) is 6.54 Å². The van der Waals surface area contributed by atoms with E-state index in [4.69, 9.17) is 9.15 Å². The normalized spacial score (nSPS) is 10.3. The van der Waals surface area contributed by atoms with E-state index >= 15 is 0 Å². The highest BCUT2D eigenvalue weighted by Crippen LogP contribution is 2.15. The van der Waals surface area contributed by atoms with E-state index in [1.165, 1.54) is 0 Å². The Morgan fingerprint density at radius 3 is 3.25 bits per heavy atom. The molecule has 6 heteroatoms. The SMILES string of the molecule is CCOC(=O)CNc1nc2ncccc2o1. The lowest BCUT2D eigenvalue weighted by atomic mass is 10.5. The molecule has 0 bridgehead atoms. The van der Waals surface area contributed by atoms with Gasteiger partial charge in [0, 0.05) is 6.20 Å². The van der Waals surface area contributed by atoms with Crippen molar-refractivity contribution in [3.05, 3.63) is 18.3 Å². The summed E-state index contributed by atoms with van der Waals surface area (Å²) in [6.45, 7) is 2.14. The summed E-state index contributed by atoms with van der Waals surface area (Å²) >= 11 is 0. The van der Waals surface area contributed by atoms with Crippen LogP contribution < -0.4 is 5.32 Å². The fourth-order valence-electron chi connectivity index (χ4n) is 1.20. The minimum atomic E-state index is -0.349. The summed E-state index contributed by atoms with van der Waals surface area (Å²) < 4.78 is 10.1. The van der Waals surface area contributed by atoms with Gasteiger partial charge in [0.2, 0.25) is 5.65 Å². The molecule has 0 spiro atoms. The highest BCUT2D eigenvalue weighted by Gasteiger charge is 2.07. The Bertz CT molecular complexity index is 462. The molecule has 0 aliphatic heterocycles. The van der Waals surface area contributed by atoms with Crippen molar-refractivity contribution in [2.24, 2.45) is 0 Å². The second-order valence-corrected chi connectivity index (χ2v) is 3.00. The Labute approximate surface area is 91.6 Å². The minimum Gasteiger partial charge on any atom is -0.465 e. The van der Waals surface area contributed by atoms with E-state index in [0.717, 1.165) is 0 Å². The van der Waals surface area contributed by atoms with E-state index in [1.807, 2.05) is 0 Å².